The molecule has 0 spiro atoms. The van der Waals surface area contributed by atoms with E-state index in [-0.39, 0.29) is 31.2 Å². The Morgan fingerprint density at radius 2 is 1.35 bits per heavy atom. The fraction of sp³-hybridized carbons (Fsp3) is 0.775. The van der Waals surface area contributed by atoms with Crippen LogP contribution in [0.4, 0.5) is 0 Å². The van der Waals surface area contributed by atoms with E-state index in [1.807, 2.05) is 13.8 Å². The maximum Gasteiger partial charge on any atom is 0.328 e. The number of hydrogen-bond donors (Lipinski definition) is 6. The first-order valence-corrected chi connectivity index (χ1v) is 20.1. The molecule has 1 rings (SSSR count). The van der Waals surface area contributed by atoms with Crippen LogP contribution >= 0.6 is 0 Å². The number of hydrogen-bond acceptors (Lipinski definition) is 10. The molecule has 0 radical (unpaired) electrons. The summed E-state index contributed by atoms with van der Waals surface area (Å²) in [5.74, 6) is -6.78. The van der Waals surface area contributed by atoms with Gasteiger partial charge in [-0.25, -0.2) is 4.79 Å². The number of rotatable bonds is 21. The molecule has 3 unspecified atom stereocenters. The first-order valence-electron chi connectivity index (χ1n) is 20.1. The van der Waals surface area contributed by atoms with Crippen molar-refractivity contribution >= 4 is 41.4 Å². The second-order valence-corrected chi connectivity index (χ2v) is 16.4. The summed E-state index contributed by atoms with van der Waals surface area (Å²) >= 11 is 0. The molecule has 0 aromatic heterocycles. The molecular formula is C40H71N7O10. The van der Waals surface area contributed by atoms with Crippen LogP contribution in [-0.4, -0.2) is 159 Å². The van der Waals surface area contributed by atoms with E-state index in [0.717, 1.165) is 9.80 Å². The zero-order valence-corrected chi connectivity index (χ0v) is 36.1. The number of allylic oxidation sites excluding steroid dienone is 1. The molecule has 11 atom stereocenters. The Morgan fingerprint density at radius 1 is 0.807 bits per heavy atom. The van der Waals surface area contributed by atoms with Crippen LogP contribution in [0.15, 0.2) is 12.7 Å². The van der Waals surface area contributed by atoms with Gasteiger partial charge < -0.3 is 51.3 Å². The van der Waals surface area contributed by atoms with E-state index in [4.69, 9.17) is 5.73 Å². The van der Waals surface area contributed by atoms with Crippen molar-refractivity contribution in [3.8, 4) is 0 Å². The number of amides is 6. The molecule has 0 saturated carbocycles. The fourth-order valence-electron chi connectivity index (χ4n) is 6.63. The summed E-state index contributed by atoms with van der Waals surface area (Å²) < 4.78 is 0. The summed E-state index contributed by atoms with van der Waals surface area (Å²) in [6, 6.07) is -8.43. The Bertz CT molecular complexity index is 1430. The number of carbonyl (C=O) groups is 7. The summed E-state index contributed by atoms with van der Waals surface area (Å²) in [4.78, 5) is 99.4. The topological polar surface area (TPSA) is 243 Å². The lowest BCUT2D eigenvalue weighted by atomic mass is 9.95. The van der Waals surface area contributed by atoms with E-state index in [1.165, 1.54) is 44.8 Å². The summed E-state index contributed by atoms with van der Waals surface area (Å²) in [6.45, 7) is 19.0. The van der Waals surface area contributed by atoms with Crippen molar-refractivity contribution in [2.75, 3.05) is 27.7 Å². The van der Waals surface area contributed by atoms with Crippen LogP contribution in [0.5, 0.6) is 0 Å². The number of aliphatic hydroxyl groups is 2. The third-order valence-corrected chi connectivity index (χ3v) is 11.5. The molecule has 0 aliphatic carbocycles. The zero-order valence-electron chi connectivity index (χ0n) is 36.1. The number of carboxylic acids is 1. The van der Waals surface area contributed by atoms with Crippen molar-refractivity contribution in [3.05, 3.63) is 12.7 Å². The molecule has 1 fully saturated rings. The standard InChI is InChI=1S/C40H71N7O10/c1-14-23(7)20-27(42-35(51)31(33(49)22(5)6)46(13)36(52)25(9)45(12)39(55)29(41)24(8)15-2)38(54)44(11)26(10)37(53)47-19-17-16-18-28(47)34(50)43-30(40(56)57)32(48)21(3)4/h14,21-33,48-49H,1,15-20,41H2,2-13H3,(H,42,51)(H,43,50)(H,56,57)/t23-,24-,25-,26-,27-,28?,29?,30?,31-,32+,33+/m0/s1. The van der Waals surface area contributed by atoms with Gasteiger partial charge in [0.05, 0.1) is 18.2 Å². The van der Waals surface area contributed by atoms with E-state index < -0.39 is 108 Å². The lowest BCUT2D eigenvalue weighted by Gasteiger charge is -2.40. The Hall–Kier alpha value is -4.09. The second-order valence-electron chi connectivity index (χ2n) is 16.4. The number of carbonyl (C=O) groups excluding carboxylic acids is 6. The second kappa shape index (κ2) is 22.7. The first kappa shape index (κ1) is 50.9. The van der Waals surface area contributed by atoms with E-state index in [9.17, 15) is 48.9 Å². The van der Waals surface area contributed by atoms with Gasteiger partial charge >= 0.3 is 5.97 Å². The third-order valence-electron chi connectivity index (χ3n) is 11.5. The quantitative estimate of drug-likeness (QED) is 0.0876. The molecule has 0 aromatic rings. The number of likely N-dealkylation sites (tertiary alicyclic amines) is 1. The normalized spacial score (nSPS) is 19.7. The van der Waals surface area contributed by atoms with E-state index in [2.05, 4.69) is 17.2 Å². The molecule has 57 heavy (non-hydrogen) atoms. The Labute approximate surface area is 338 Å². The van der Waals surface area contributed by atoms with E-state index in [1.54, 1.807) is 40.7 Å². The van der Waals surface area contributed by atoms with Crippen molar-refractivity contribution in [1.82, 2.24) is 30.2 Å². The van der Waals surface area contributed by atoms with Gasteiger partial charge in [0.2, 0.25) is 35.4 Å². The fourth-order valence-corrected chi connectivity index (χ4v) is 6.63. The molecule has 326 valence electrons. The summed E-state index contributed by atoms with van der Waals surface area (Å²) in [5, 5.41) is 36.6. The van der Waals surface area contributed by atoms with Gasteiger partial charge in [-0.1, -0.05) is 61.0 Å². The predicted molar refractivity (Wildman–Crippen MR) is 215 cm³/mol. The van der Waals surface area contributed by atoms with Gasteiger partial charge in [-0.05, 0) is 63.2 Å². The molecule has 6 amide bonds. The highest BCUT2D eigenvalue weighted by atomic mass is 16.4. The van der Waals surface area contributed by atoms with Gasteiger partial charge in [-0.2, -0.15) is 0 Å². The number of nitrogens with one attached hydrogen (secondary N) is 2. The Balaban J connectivity index is 3.41. The molecule has 1 aliphatic rings. The molecular weight excluding hydrogens is 738 g/mol. The number of likely N-dealkylation sites (N-methyl/N-ethyl adjacent to an activating group) is 3. The minimum atomic E-state index is -1.60. The zero-order chi connectivity index (χ0) is 44.2. The Morgan fingerprint density at radius 3 is 1.84 bits per heavy atom. The van der Waals surface area contributed by atoms with Gasteiger partial charge in [0.25, 0.3) is 0 Å². The summed E-state index contributed by atoms with van der Waals surface area (Å²) in [5.41, 5.74) is 6.16. The highest BCUT2D eigenvalue weighted by Crippen LogP contribution is 2.22. The highest BCUT2D eigenvalue weighted by Gasteiger charge is 2.43. The van der Waals surface area contributed by atoms with Gasteiger partial charge in [0.1, 0.15) is 30.2 Å². The van der Waals surface area contributed by atoms with Crippen molar-refractivity contribution in [2.45, 2.75) is 149 Å². The monoisotopic (exact) mass is 810 g/mol. The molecule has 0 aromatic carbocycles. The van der Waals surface area contributed by atoms with Gasteiger partial charge in [0.15, 0.2) is 6.04 Å². The van der Waals surface area contributed by atoms with Crippen LogP contribution in [0.25, 0.3) is 0 Å². The number of carboxylic acid groups (broad SMARTS) is 1. The largest absolute Gasteiger partial charge is 0.480 e. The minimum absolute atomic E-state index is 0.0477. The molecule has 17 nitrogen and oxygen atoms in total. The average Bonchev–Trinajstić information content (AvgIpc) is 3.18. The van der Waals surface area contributed by atoms with Gasteiger partial charge in [-0.15, -0.1) is 6.58 Å². The molecule has 1 aliphatic heterocycles. The minimum Gasteiger partial charge on any atom is -0.480 e. The number of piperidine rings is 1. The van der Waals surface area contributed by atoms with Gasteiger partial charge in [0, 0.05) is 27.7 Å². The maximum absolute atomic E-state index is 14.2. The summed E-state index contributed by atoms with van der Waals surface area (Å²) in [7, 11) is 4.17. The average molecular weight is 810 g/mol. The van der Waals surface area contributed by atoms with Crippen LogP contribution in [0.1, 0.15) is 94.4 Å². The van der Waals surface area contributed by atoms with Crippen LogP contribution in [0.2, 0.25) is 0 Å². The Kier molecular flexibility index (Phi) is 20.3. The SMILES string of the molecule is C=C[C@H](C)C[C@H](NC(=O)[C@H]([C@H](O)C(C)C)N(C)C(=O)[C@H](C)N(C)C(=O)C(N)[C@@H](C)CC)C(=O)N(C)[C@@H](C)C(=O)N1CCCCC1C(=O)NC(C(=O)O)[C@H](O)C(C)C. The smallest absolute Gasteiger partial charge is 0.328 e. The number of aliphatic hydroxyl groups excluding tert-OH is 2. The van der Waals surface area contributed by atoms with Crippen molar-refractivity contribution in [1.29, 1.82) is 0 Å². The van der Waals surface area contributed by atoms with Crippen LogP contribution in [-0.2, 0) is 33.6 Å². The first-order chi connectivity index (χ1) is 26.4. The third kappa shape index (κ3) is 13.2. The van der Waals surface area contributed by atoms with Gasteiger partial charge in [-0.3, -0.25) is 28.8 Å². The number of nitrogens with zero attached hydrogens (tertiary/aromatic N) is 4. The van der Waals surface area contributed by atoms with Crippen molar-refractivity contribution in [2.24, 2.45) is 29.4 Å². The molecule has 1 saturated heterocycles. The van der Waals surface area contributed by atoms with Crippen molar-refractivity contribution in [3.63, 3.8) is 0 Å². The summed E-state index contributed by atoms with van der Waals surface area (Å²) in [6.07, 6.45) is 0.905. The van der Waals surface area contributed by atoms with Crippen LogP contribution < -0.4 is 16.4 Å². The van der Waals surface area contributed by atoms with E-state index in [0.29, 0.717) is 19.3 Å². The highest BCUT2D eigenvalue weighted by molar-refractivity contribution is 5.97. The number of nitrogens with two attached hydrogens (primary N) is 1. The maximum atomic E-state index is 14.2. The number of aliphatic carboxylic acids is 1. The lowest BCUT2D eigenvalue weighted by Crippen LogP contribution is -2.63. The molecule has 0 bridgehead atoms. The van der Waals surface area contributed by atoms with E-state index >= 15 is 0 Å². The van der Waals surface area contributed by atoms with Crippen molar-refractivity contribution < 1.29 is 48.9 Å². The molecule has 1 heterocycles. The molecule has 7 N–H and O–H groups in total. The van der Waals surface area contributed by atoms with Crippen LogP contribution in [0, 0.1) is 23.7 Å². The predicted octanol–water partition coefficient (Wildman–Crippen LogP) is 0.562. The van der Waals surface area contributed by atoms with Crippen LogP contribution in [0.3, 0.4) is 0 Å². The lowest BCUT2D eigenvalue weighted by molar-refractivity contribution is -0.153. The molecule has 17 heteroatoms.